The molecule has 0 saturated heterocycles. The number of rotatable bonds is 7. The van der Waals surface area contributed by atoms with E-state index >= 15 is 0 Å². The summed E-state index contributed by atoms with van der Waals surface area (Å²) < 4.78 is 10.9. The number of anilines is 1. The first kappa shape index (κ1) is 23.1. The topological polar surface area (TPSA) is 89.0 Å². The molecule has 164 valence electrons. The van der Waals surface area contributed by atoms with E-state index < -0.39 is 11.8 Å². The summed E-state index contributed by atoms with van der Waals surface area (Å²) in [5.41, 5.74) is 3.97. The van der Waals surface area contributed by atoms with Crippen LogP contribution in [0.15, 0.2) is 71.8 Å². The van der Waals surface area contributed by atoms with Crippen LogP contribution in [0.25, 0.3) is 0 Å². The Morgan fingerprint density at radius 1 is 1.00 bits per heavy atom. The first-order valence-electron chi connectivity index (χ1n) is 9.40. The molecule has 0 spiro atoms. The molecule has 2 N–H and O–H groups in total. The molecule has 3 rings (SSSR count). The van der Waals surface area contributed by atoms with Crippen molar-refractivity contribution in [2.75, 3.05) is 12.4 Å². The molecule has 0 aliphatic heterocycles. The fourth-order valence-corrected chi connectivity index (χ4v) is 3.00. The minimum atomic E-state index is -0.950. The molecule has 0 unspecified atom stereocenters. The van der Waals surface area contributed by atoms with Crippen LogP contribution in [0, 0.1) is 0 Å². The van der Waals surface area contributed by atoms with Crippen molar-refractivity contribution in [2.24, 2.45) is 5.10 Å². The van der Waals surface area contributed by atoms with E-state index in [1.54, 1.807) is 42.5 Å². The van der Waals surface area contributed by atoms with Gasteiger partial charge in [0.25, 0.3) is 0 Å². The van der Waals surface area contributed by atoms with E-state index in [2.05, 4.69) is 15.8 Å². The zero-order valence-electron chi connectivity index (χ0n) is 17.0. The number of carbonyl (C=O) groups excluding carboxylic acids is 2. The van der Waals surface area contributed by atoms with Gasteiger partial charge in [-0.15, -0.1) is 0 Å². The van der Waals surface area contributed by atoms with Crippen LogP contribution in [-0.2, 0) is 16.2 Å². The van der Waals surface area contributed by atoms with Crippen LogP contribution in [-0.4, -0.2) is 25.1 Å². The predicted molar refractivity (Wildman–Crippen MR) is 125 cm³/mol. The Morgan fingerprint density at radius 2 is 1.81 bits per heavy atom. The number of hydrogen-bond donors (Lipinski definition) is 2. The van der Waals surface area contributed by atoms with Gasteiger partial charge in [0.15, 0.2) is 0 Å². The van der Waals surface area contributed by atoms with E-state index in [0.29, 0.717) is 33.7 Å². The molecule has 2 amide bonds. The molecular weight excluding hydrogens is 453 g/mol. The molecule has 3 aromatic carbocycles. The Morgan fingerprint density at radius 3 is 2.59 bits per heavy atom. The highest BCUT2D eigenvalue weighted by atomic mass is 35.5. The van der Waals surface area contributed by atoms with Gasteiger partial charge in [0.2, 0.25) is 0 Å². The van der Waals surface area contributed by atoms with Crippen molar-refractivity contribution in [1.82, 2.24) is 5.43 Å². The molecule has 0 radical (unpaired) electrons. The fourth-order valence-electron chi connectivity index (χ4n) is 2.63. The number of halogens is 2. The number of hydrogen-bond acceptors (Lipinski definition) is 5. The van der Waals surface area contributed by atoms with Gasteiger partial charge in [0.1, 0.15) is 18.1 Å². The van der Waals surface area contributed by atoms with Gasteiger partial charge in [0, 0.05) is 15.6 Å². The normalized spacial score (nSPS) is 10.6. The summed E-state index contributed by atoms with van der Waals surface area (Å²) >= 11 is 12.1. The van der Waals surface area contributed by atoms with Crippen LogP contribution in [0.2, 0.25) is 10.0 Å². The number of carbonyl (C=O) groups is 2. The third kappa shape index (κ3) is 6.47. The molecule has 0 heterocycles. The molecule has 0 aliphatic carbocycles. The number of benzene rings is 3. The maximum absolute atomic E-state index is 12.1. The highest BCUT2D eigenvalue weighted by molar-refractivity contribution is 6.40. The molecular formula is C23H19Cl2N3O4. The van der Waals surface area contributed by atoms with Crippen LogP contribution in [0.3, 0.4) is 0 Å². The average molecular weight is 472 g/mol. The van der Waals surface area contributed by atoms with Crippen molar-refractivity contribution in [3.8, 4) is 11.5 Å². The van der Waals surface area contributed by atoms with Crippen LogP contribution in [0.5, 0.6) is 11.5 Å². The van der Waals surface area contributed by atoms with E-state index in [0.717, 1.165) is 5.56 Å². The van der Waals surface area contributed by atoms with Crippen LogP contribution in [0.4, 0.5) is 5.69 Å². The molecule has 9 heteroatoms. The number of amides is 2. The summed E-state index contributed by atoms with van der Waals surface area (Å²) in [6.07, 6.45) is 1.40. The van der Waals surface area contributed by atoms with Gasteiger partial charge < -0.3 is 14.8 Å². The van der Waals surface area contributed by atoms with Gasteiger partial charge in [0.05, 0.1) is 19.0 Å². The average Bonchev–Trinajstić information content (AvgIpc) is 2.79. The first-order valence-corrected chi connectivity index (χ1v) is 10.2. The Kier molecular flexibility index (Phi) is 8.08. The maximum Gasteiger partial charge on any atom is 0.329 e. The van der Waals surface area contributed by atoms with Crippen molar-refractivity contribution >= 4 is 46.9 Å². The molecule has 0 bridgehead atoms. The second kappa shape index (κ2) is 11.2. The summed E-state index contributed by atoms with van der Waals surface area (Å²) in [7, 11) is 1.44. The third-order valence-corrected chi connectivity index (χ3v) is 4.81. The molecule has 0 atom stereocenters. The lowest BCUT2D eigenvalue weighted by Gasteiger charge is -2.09. The molecule has 0 saturated carbocycles. The Labute approximate surface area is 194 Å². The van der Waals surface area contributed by atoms with Crippen molar-refractivity contribution in [1.29, 1.82) is 0 Å². The number of methoxy groups -OCH3 is 1. The van der Waals surface area contributed by atoms with Gasteiger partial charge in [-0.05, 0) is 42.0 Å². The highest BCUT2D eigenvalue weighted by Crippen LogP contribution is 2.27. The summed E-state index contributed by atoms with van der Waals surface area (Å²) in [6, 6.07) is 19.2. The number of nitrogens with zero attached hydrogens (tertiary/aromatic N) is 1. The monoisotopic (exact) mass is 471 g/mol. The number of hydrazone groups is 1. The van der Waals surface area contributed by atoms with E-state index in [9.17, 15) is 9.59 Å². The Balaban J connectivity index is 1.55. The second-order valence-electron chi connectivity index (χ2n) is 6.45. The van der Waals surface area contributed by atoms with E-state index in [1.165, 1.54) is 19.4 Å². The molecule has 32 heavy (non-hydrogen) atoms. The number of ether oxygens (including phenoxy) is 2. The molecule has 3 aromatic rings. The molecule has 0 fully saturated rings. The van der Waals surface area contributed by atoms with Crippen molar-refractivity contribution < 1.29 is 19.1 Å². The van der Waals surface area contributed by atoms with E-state index in [1.807, 2.05) is 18.2 Å². The minimum Gasteiger partial charge on any atom is -0.495 e. The highest BCUT2D eigenvalue weighted by Gasteiger charge is 2.15. The lowest BCUT2D eigenvalue weighted by Crippen LogP contribution is -2.32. The molecule has 7 nitrogen and oxygen atoms in total. The second-order valence-corrected chi connectivity index (χ2v) is 7.29. The number of nitrogens with one attached hydrogen (secondary N) is 2. The lowest BCUT2D eigenvalue weighted by atomic mass is 10.2. The van der Waals surface area contributed by atoms with Crippen LogP contribution in [0.1, 0.15) is 11.1 Å². The Hall–Kier alpha value is -3.55. The zero-order valence-corrected chi connectivity index (χ0v) is 18.5. The summed E-state index contributed by atoms with van der Waals surface area (Å²) in [5, 5.41) is 7.26. The smallest absolute Gasteiger partial charge is 0.329 e. The SMILES string of the molecule is COc1ccc(Cl)cc1NC(=O)C(=O)N/N=C/c1cccc(OCc2ccccc2Cl)c1. The summed E-state index contributed by atoms with van der Waals surface area (Å²) in [4.78, 5) is 24.1. The van der Waals surface area contributed by atoms with Crippen molar-refractivity contribution in [2.45, 2.75) is 6.61 Å². The minimum absolute atomic E-state index is 0.271. The molecule has 0 aromatic heterocycles. The zero-order chi connectivity index (χ0) is 22.9. The summed E-state index contributed by atoms with van der Waals surface area (Å²) in [6.45, 7) is 0.310. The third-order valence-electron chi connectivity index (χ3n) is 4.21. The predicted octanol–water partition coefficient (Wildman–Crippen LogP) is 4.67. The van der Waals surface area contributed by atoms with Gasteiger partial charge >= 0.3 is 11.8 Å². The van der Waals surface area contributed by atoms with Gasteiger partial charge in [-0.25, -0.2) is 5.43 Å². The maximum atomic E-state index is 12.1. The standard InChI is InChI=1S/C23H19Cl2N3O4/c1-31-21-10-9-17(24)12-20(21)27-22(29)23(30)28-26-13-15-5-4-7-18(11-15)32-14-16-6-2-3-8-19(16)25/h2-13H,14H2,1H3,(H,27,29)(H,28,30)/b26-13+. The van der Waals surface area contributed by atoms with Crippen LogP contribution < -0.4 is 20.2 Å². The Bertz CT molecular complexity index is 1150. The van der Waals surface area contributed by atoms with E-state index in [4.69, 9.17) is 32.7 Å². The lowest BCUT2D eigenvalue weighted by molar-refractivity contribution is -0.136. The van der Waals surface area contributed by atoms with Gasteiger partial charge in [-0.1, -0.05) is 53.5 Å². The van der Waals surface area contributed by atoms with Gasteiger partial charge in [-0.3, -0.25) is 9.59 Å². The fraction of sp³-hybridized carbons (Fsp3) is 0.0870. The van der Waals surface area contributed by atoms with Gasteiger partial charge in [-0.2, -0.15) is 5.10 Å². The quantitative estimate of drug-likeness (QED) is 0.297. The van der Waals surface area contributed by atoms with E-state index in [-0.39, 0.29) is 5.69 Å². The molecule has 0 aliphatic rings. The summed E-state index contributed by atoms with van der Waals surface area (Å²) in [5.74, 6) is -0.896. The van der Waals surface area contributed by atoms with Crippen LogP contribution >= 0.6 is 23.2 Å². The largest absolute Gasteiger partial charge is 0.495 e. The first-order chi connectivity index (χ1) is 15.5. The van der Waals surface area contributed by atoms with Crippen molar-refractivity contribution in [3.63, 3.8) is 0 Å². The van der Waals surface area contributed by atoms with Crippen molar-refractivity contribution in [3.05, 3.63) is 87.9 Å².